The summed E-state index contributed by atoms with van der Waals surface area (Å²) in [5, 5.41) is 3.78. The van der Waals surface area contributed by atoms with Crippen molar-refractivity contribution in [1.82, 2.24) is 14.9 Å². The SMILES string of the molecule is CC(C)c1noc(COC(=O)c2ccc(S(=O)(=O)NC(C)(C)C)cc2)n1. The van der Waals surface area contributed by atoms with Gasteiger partial charge in [0.2, 0.25) is 10.0 Å². The van der Waals surface area contributed by atoms with Crippen molar-refractivity contribution >= 4 is 16.0 Å². The zero-order chi connectivity index (χ0) is 19.5. The number of hydrogen-bond acceptors (Lipinski definition) is 7. The number of nitrogens with zero attached hydrogens (tertiary/aromatic N) is 2. The summed E-state index contributed by atoms with van der Waals surface area (Å²) in [6.07, 6.45) is 0. The topological polar surface area (TPSA) is 111 Å². The summed E-state index contributed by atoms with van der Waals surface area (Å²) in [6.45, 7) is 8.94. The molecular weight excluding hydrogens is 358 g/mol. The molecular formula is C17H23N3O5S. The Labute approximate surface area is 153 Å². The smallest absolute Gasteiger partial charge is 0.338 e. The highest BCUT2D eigenvalue weighted by atomic mass is 32.2. The van der Waals surface area contributed by atoms with Crippen molar-refractivity contribution in [3.8, 4) is 0 Å². The van der Waals surface area contributed by atoms with Gasteiger partial charge in [-0.25, -0.2) is 17.9 Å². The van der Waals surface area contributed by atoms with Crippen LogP contribution in [-0.4, -0.2) is 30.1 Å². The molecule has 0 aliphatic heterocycles. The van der Waals surface area contributed by atoms with Crippen LogP contribution in [0.25, 0.3) is 0 Å². The maximum atomic E-state index is 12.2. The molecule has 0 aliphatic carbocycles. The third kappa shape index (κ3) is 5.37. The van der Waals surface area contributed by atoms with E-state index in [4.69, 9.17) is 9.26 Å². The van der Waals surface area contributed by atoms with Gasteiger partial charge in [-0.1, -0.05) is 19.0 Å². The molecule has 2 rings (SSSR count). The predicted molar refractivity (Wildman–Crippen MR) is 94.0 cm³/mol. The molecule has 1 aromatic carbocycles. The van der Waals surface area contributed by atoms with Crippen molar-refractivity contribution in [1.29, 1.82) is 0 Å². The number of esters is 1. The van der Waals surface area contributed by atoms with Crippen molar-refractivity contribution in [3.63, 3.8) is 0 Å². The highest BCUT2D eigenvalue weighted by Gasteiger charge is 2.22. The zero-order valence-electron chi connectivity index (χ0n) is 15.4. The summed E-state index contributed by atoms with van der Waals surface area (Å²) in [6, 6.07) is 5.50. The van der Waals surface area contributed by atoms with E-state index in [-0.39, 0.29) is 28.9 Å². The average Bonchev–Trinajstić information content (AvgIpc) is 3.00. The largest absolute Gasteiger partial charge is 0.452 e. The molecule has 2 aromatic rings. The van der Waals surface area contributed by atoms with Crippen LogP contribution >= 0.6 is 0 Å². The van der Waals surface area contributed by atoms with Crippen molar-refractivity contribution < 1.29 is 22.5 Å². The lowest BCUT2D eigenvalue weighted by Gasteiger charge is -2.20. The fourth-order valence-corrected chi connectivity index (χ4v) is 3.42. The summed E-state index contributed by atoms with van der Waals surface area (Å²) < 4.78 is 37.1. The molecule has 0 fully saturated rings. The Morgan fingerprint density at radius 2 is 1.85 bits per heavy atom. The van der Waals surface area contributed by atoms with Gasteiger partial charge in [-0.2, -0.15) is 4.98 Å². The Balaban J connectivity index is 2.02. The van der Waals surface area contributed by atoms with Crippen molar-refractivity contribution in [3.05, 3.63) is 41.5 Å². The summed E-state index contributed by atoms with van der Waals surface area (Å²) in [4.78, 5) is 16.3. The molecule has 1 heterocycles. The highest BCUT2D eigenvalue weighted by Crippen LogP contribution is 2.15. The Kier molecular flexibility index (Phi) is 5.82. The summed E-state index contributed by atoms with van der Waals surface area (Å²) in [5.74, 6) is 0.244. The van der Waals surface area contributed by atoms with Crippen LogP contribution in [0.15, 0.2) is 33.7 Å². The standard InChI is InChI=1S/C17H23N3O5S/c1-11(2)15-18-14(25-19-15)10-24-16(21)12-6-8-13(9-7-12)26(22,23)20-17(3,4)5/h6-9,11,20H,10H2,1-5H3. The van der Waals surface area contributed by atoms with Crippen molar-refractivity contribution in [2.45, 2.75) is 57.6 Å². The maximum absolute atomic E-state index is 12.2. The van der Waals surface area contributed by atoms with E-state index in [0.29, 0.717) is 5.82 Å². The van der Waals surface area contributed by atoms with Crippen LogP contribution in [0.2, 0.25) is 0 Å². The fraction of sp³-hybridized carbons (Fsp3) is 0.471. The quantitative estimate of drug-likeness (QED) is 0.766. The van der Waals surface area contributed by atoms with E-state index in [1.54, 1.807) is 20.8 Å². The molecule has 0 saturated heterocycles. The summed E-state index contributed by atoms with van der Waals surface area (Å²) >= 11 is 0. The number of ether oxygens (including phenoxy) is 1. The zero-order valence-corrected chi connectivity index (χ0v) is 16.3. The van der Waals surface area contributed by atoms with Gasteiger partial charge in [0, 0.05) is 11.5 Å². The number of carbonyl (C=O) groups excluding carboxylic acids is 1. The second-order valence-corrected chi connectivity index (χ2v) is 8.84. The molecule has 9 heteroatoms. The van der Waals surface area contributed by atoms with Crippen LogP contribution < -0.4 is 4.72 Å². The van der Waals surface area contributed by atoms with Gasteiger partial charge in [0.05, 0.1) is 10.5 Å². The van der Waals surface area contributed by atoms with E-state index >= 15 is 0 Å². The van der Waals surface area contributed by atoms with Gasteiger partial charge in [0.25, 0.3) is 5.89 Å². The van der Waals surface area contributed by atoms with Gasteiger partial charge in [0.15, 0.2) is 12.4 Å². The van der Waals surface area contributed by atoms with Gasteiger partial charge in [-0.05, 0) is 45.0 Å². The van der Waals surface area contributed by atoms with Crippen molar-refractivity contribution in [2.75, 3.05) is 0 Å². The first-order valence-corrected chi connectivity index (χ1v) is 9.60. The third-order valence-corrected chi connectivity index (χ3v) is 4.94. The second kappa shape index (κ2) is 7.55. The van der Waals surface area contributed by atoms with E-state index in [1.165, 1.54) is 24.3 Å². The minimum Gasteiger partial charge on any atom is -0.452 e. The molecule has 0 aliphatic rings. The van der Waals surface area contributed by atoms with E-state index in [1.807, 2.05) is 13.8 Å². The van der Waals surface area contributed by atoms with Gasteiger partial charge in [-0.3, -0.25) is 0 Å². The van der Waals surface area contributed by atoms with Crippen LogP contribution in [0.3, 0.4) is 0 Å². The summed E-state index contributed by atoms with van der Waals surface area (Å²) in [7, 11) is -3.66. The van der Waals surface area contributed by atoms with Crippen LogP contribution in [0.4, 0.5) is 0 Å². The Morgan fingerprint density at radius 1 is 1.23 bits per heavy atom. The van der Waals surface area contributed by atoms with Crippen LogP contribution in [0.5, 0.6) is 0 Å². The summed E-state index contributed by atoms with van der Waals surface area (Å²) in [5.41, 5.74) is -0.377. The Bertz CT molecular complexity index is 865. The van der Waals surface area contributed by atoms with E-state index in [2.05, 4.69) is 14.9 Å². The highest BCUT2D eigenvalue weighted by molar-refractivity contribution is 7.89. The molecule has 1 aromatic heterocycles. The molecule has 0 saturated carbocycles. The van der Waals surface area contributed by atoms with Crippen molar-refractivity contribution in [2.24, 2.45) is 0 Å². The molecule has 0 unspecified atom stereocenters. The minimum absolute atomic E-state index is 0.0717. The fourth-order valence-electron chi connectivity index (χ4n) is 2.00. The lowest BCUT2D eigenvalue weighted by Crippen LogP contribution is -2.40. The second-order valence-electron chi connectivity index (χ2n) is 7.16. The van der Waals surface area contributed by atoms with E-state index in [9.17, 15) is 13.2 Å². The number of carbonyl (C=O) groups is 1. The molecule has 1 N–H and O–H groups in total. The molecule has 142 valence electrons. The molecule has 8 nitrogen and oxygen atoms in total. The first-order chi connectivity index (χ1) is 12.0. The predicted octanol–water partition coefficient (Wildman–Crippen LogP) is 2.63. The number of sulfonamides is 1. The van der Waals surface area contributed by atoms with Crippen LogP contribution in [-0.2, 0) is 21.4 Å². The monoisotopic (exact) mass is 381 g/mol. The molecule has 0 spiro atoms. The number of aromatic nitrogens is 2. The number of hydrogen-bond donors (Lipinski definition) is 1. The van der Waals surface area contributed by atoms with Crippen LogP contribution in [0, 0.1) is 0 Å². The molecule has 0 atom stereocenters. The molecule has 0 bridgehead atoms. The number of benzene rings is 1. The van der Waals surface area contributed by atoms with Gasteiger partial charge >= 0.3 is 5.97 Å². The first-order valence-electron chi connectivity index (χ1n) is 8.11. The normalized spacial score (nSPS) is 12.4. The van der Waals surface area contributed by atoms with Crippen LogP contribution in [0.1, 0.15) is 62.6 Å². The Hall–Kier alpha value is -2.26. The van der Waals surface area contributed by atoms with E-state index < -0.39 is 21.5 Å². The van der Waals surface area contributed by atoms with Gasteiger partial charge in [-0.15, -0.1) is 0 Å². The molecule has 26 heavy (non-hydrogen) atoms. The average molecular weight is 381 g/mol. The lowest BCUT2D eigenvalue weighted by molar-refractivity contribution is 0.0429. The molecule has 0 amide bonds. The lowest BCUT2D eigenvalue weighted by atomic mass is 10.1. The maximum Gasteiger partial charge on any atom is 0.338 e. The third-order valence-electron chi connectivity index (χ3n) is 3.17. The minimum atomic E-state index is -3.66. The number of rotatable bonds is 6. The van der Waals surface area contributed by atoms with E-state index in [0.717, 1.165) is 0 Å². The first kappa shape index (κ1) is 20.1. The van der Waals surface area contributed by atoms with Gasteiger partial charge in [0.1, 0.15) is 0 Å². The molecule has 0 radical (unpaired) electrons. The van der Waals surface area contributed by atoms with Gasteiger partial charge < -0.3 is 9.26 Å². The Morgan fingerprint density at radius 3 is 2.35 bits per heavy atom. The number of nitrogens with one attached hydrogen (secondary N) is 1.